The van der Waals surface area contributed by atoms with Crippen LogP contribution in [0.1, 0.15) is 39.5 Å². The van der Waals surface area contributed by atoms with Crippen molar-refractivity contribution < 1.29 is 24.2 Å². The third-order valence-corrected chi connectivity index (χ3v) is 2.47. The van der Waals surface area contributed by atoms with E-state index in [2.05, 4.69) is 5.32 Å². The lowest BCUT2D eigenvalue weighted by molar-refractivity contribution is -0.147. The van der Waals surface area contributed by atoms with Gasteiger partial charge in [0, 0.05) is 0 Å². The van der Waals surface area contributed by atoms with E-state index in [1.807, 2.05) is 6.92 Å². The van der Waals surface area contributed by atoms with E-state index in [4.69, 9.17) is 15.6 Å². The largest absolute Gasteiger partial charge is 0.481 e. The number of hydrogen-bond acceptors (Lipinski definition) is 5. The molecular weight excluding hydrogens is 252 g/mol. The van der Waals surface area contributed by atoms with Crippen LogP contribution < -0.4 is 11.1 Å². The molecule has 0 unspecified atom stereocenters. The first-order valence-corrected chi connectivity index (χ1v) is 6.36. The van der Waals surface area contributed by atoms with Gasteiger partial charge in [-0.1, -0.05) is 19.8 Å². The number of rotatable bonds is 9. The van der Waals surface area contributed by atoms with Gasteiger partial charge >= 0.3 is 11.9 Å². The average Bonchev–Trinajstić information content (AvgIpc) is 2.33. The molecule has 2 atom stereocenters. The van der Waals surface area contributed by atoms with Crippen molar-refractivity contribution in [1.29, 1.82) is 0 Å². The molecule has 7 heteroatoms. The predicted molar refractivity (Wildman–Crippen MR) is 68.3 cm³/mol. The molecule has 0 spiro atoms. The maximum Gasteiger partial charge on any atom is 0.328 e. The van der Waals surface area contributed by atoms with E-state index in [0.29, 0.717) is 6.42 Å². The number of carboxylic acid groups (broad SMARTS) is 1. The molecule has 0 bridgehead atoms. The van der Waals surface area contributed by atoms with Crippen LogP contribution >= 0.6 is 0 Å². The van der Waals surface area contributed by atoms with Crippen molar-refractivity contribution in [3.05, 3.63) is 0 Å². The number of esters is 1. The summed E-state index contributed by atoms with van der Waals surface area (Å²) in [5.74, 6) is -2.34. The molecule has 0 rings (SSSR count). The Bertz CT molecular complexity index is 319. The highest BCUT2D eigenvalue weighted by atomic mass is 16.5. The molecule has 0 heterocycles. The molecule has 0 saturated heterocycles. The van der Waals surface area contributed by atoms with E-state index in [-0.39, 0.29) is 6.61 Å². The standard InChI is InChI=1S/C12H22N2O5/c1-3-5-6-9(12(18)19-4-2)14-11(17)8(13)7-10(15)16/h8-9H,3-7,13H2,1-2H3,(H,14,17)(H,15,16)/t8-,9-/m0/s1. The summed E-state index contributed by atoms with van der Waals surface area (Å²) in [5, 5.41) is 11.0. The third kappa shape index (κ3) is 7.40. The van der Waals surface area contributed by atoms with Crippen LogP contribution in [0.5, 0.6) is 0 Å². The minimum absolute atomic E-state index is 0.221. The van der Waals surface area contributed by atoms with Crippen molar-refractivity contribution >= 4 is 17.8 Å². The van der Waals surface area contributed by atoms with Gasteiger partial charge in [-0.2, -0.15) is 0 Å². The first-order chi connectivity index (χ1) is 8.92. The first-order valence-electron chi connectivity index (χ1n) is 6.36. The van der Waals surface area contributed by atoms with Gasteiger partial charge in [0.2, 0.25) is 5.91 Å². The second-order valence-electron chi connectivity index (χ2n) is 4.16. The fraction of sp³-hybridized carbons (Fsp3) is 0.750. The molecule has 0 saturated carbocycles. The number of nitrogens with one attached hydrogen (secondary N) is 1. The topological polar surface area (TPSA) is 119 Å². The van der Waals surface area contributed by atoms with Crippen LogP contribution in [0.25, 0.3) is 0 Å². The second-order valence-corrected chi connectivity index (χ2v) is 4.16. The Morgan fingerprint density at radius 1 is 1.32 bits per heavy atom. The van der Waals surface area contributed by atoms with Crippen LogP contribution in [0.2, 0.25) is 0 Å². The van der Waals surface area contributed by atoms with Crippen molar-refractivity contribution in [3.8, 4) is 0 Å². The first kappa shape index (κ1) is 17.4. The number of unbranched alkanes of at least 4 members (excludes halogenated alkanes) is 1. The van der Waals surface area contributed by atoms with Gasteiger partial charge in [-0.05, 0) is 13.3 Å². The van der Waals surface area contributed by atoms with E-state index in [1.165, 1.54) is 0 Å². The molecule has 0 aromatic rings. The molecule has 4 N–H and O–H groups in total. The number of carbonyl (C=O) groups excluding carboxylic acids is 2. The van der Waals surface area contributed by atoms with Crippen molar-refractivity contribution in [1.82, 2.24) is 5.32 Å². The Hall–Kier alpha value is -1.63. The third-order valence-electron chi connectivity index (χ3n) is 2.47. The van der Waals surface area contributed by atoms with Crippen molar-refractivity contribution in [3.63, 3.8) is 0 Å². The fourth-order valence-electron chi connectivity index (χ4n) is 1.46. The Labute approximate surface area is 112 Å². The smallest absolute Gasteiger partial charge is 0.328 e. The van der Waals surface area contributed by atoms with Gasteiger partial charge in [-0.3, -0.25) is 9.59 Å². The van der Waals surface area contributed by atoms with E-state index in [9.17, 15) is 14.4 Å². The molecule has 0 aliphatic rings. The van der Waals surface area contributed by atoms with Crippen LogP contribution in [0.3, 0.4) is 0 Å². The predicted octanol–water partition coefficient (Wildman–Crippen LogP) is 0.0265. The molecule has 0 radical (unpaired) electrons. The molecule has 19 heavy (non-hydrogen) atoms. The number of aliphatic carboxylic acids is 1. The van der Waals surface area contributed by atoms with Crippen LogP contribution in [-0.2, 0) is 19.1 Å². The van der Waals surface area contributed by atoms with E-state index in [0.717, 1.165) is 12.8 Å². The second kappa shape index (κ2) is 9.32. The highest BCUT2D eigenvalue weighted by Crippen LogP contribution is 2.04. The highest BCUT2D eigenvalue weighted by molar-refractivity contribution is 5.89. The summed E-state index contributed by atoms with van der Waals surface area (Å²) in [6.07, 6.45) is 1.58. The number of carbonyl (C=O) groups is 3. The zero-order chi connectivity index (χ0) is 14.8. The molecule has 0 aliphatic heterocycles. The summed E-state index contributed by atoms with van der Waals surface area (Å²) in [4.78, 5) is 33.7. The Morgan fingerprint density at radius 3 is 2.42 bits per heavy atom. The van der Waals surface area contributed by atoms with Crippen LogP contribution in [0.15, 0.2) is 0 Å². The number of amides is 1. The average molecular weight is 274 g/mol. The number of ether oxygens (including phenoxy) is 1. The summed E-state index contributed by atoms with van der Waals surface area (Å²) >= 11 is 0. The molecule has 0 aliphatic carbocycles. The summed E-state index contributed by atoms with van der Waals surface area (Å²) in [7, 11) is 0. The van der Waals surface area contributed by atoms with Gasteiger partial charge in [0.1, 0.15) is 6.04 Å². The Morgan fingerprint density at radius 2 is 1.95 bits per heavy atom. The molecule has 0 aromatic heterocycles. The highest BCUT2D eigenvalue weighted by Gasteiger charge is 2.25. The maximum absolute atomic E-state index is 11.7. The van der Waals surface area contributed by atoms with Crippen molar-refractivity contribution in [2.24, 2.45) is 5.73 Å². The lowest BCUT2D eigenvalue weighted by Gasteiger charge is -2.19. The minimum Gasteiger partial charge on any atom is -0.481 e. The van der Waals surface area contributed by atoms with Gasteiger partial charge in [-0.15, -0.1) is 0 Å². The van der Waals surface area contributed by atoms with Crippen LogP contribution in [0.4, 0.5) is 0 Å². The van der Waals surface area contributed by atoms with Gasteiger partial charge in [0.15, 0.2) is 0 Å². The Kier molecular flexibility index (Phi) is 8.52. The van der Waals surface area contributed by atoms with E-state index in [1.54, 1.807) is 6.92 Å². The maximum atomic E-state index is 11.7. The lowest BCUT2D eigenvalue weighted by atomic mass is 10.1. The van der Waals surface area contributed by atoms with Gasteiger partial charge in [-0.25, -0.2) is 4.79 Å². The molecule has 0 fully saturated rings. The molecule has 110 valence electrons. The summed E-state index contributed by atoms with van der Waals surface area (Å²) in [6.45, 7) is 3.85. The summed E-state index contributed by atoms with van der Waals surface area (Å²) in [6, 6.07) is -1.94. The molecule has 7 nitrogen and oxygen atoms in total. The lowest BCUT2D eigenvalue weighted by Crippen LogP contribution is -2.49. The summed E-state index contributed by atoms with van der Waals surface area (Å²) in [5.41, 5.74) is 5.42. The van der Waals surface area contributed by atoms with Crippen LogP contribution in [0, 0.1) is 0 Å². The summed E-state index contributed by atoms with van der Waals surface area (Å²) < 4.78 is 4.85. The normalized spacial score (nSPS) is 13.4. The van der Waals surface area contributed by atoms with Crippen molar-refractivity contribution in [2.45, 2.75) is 51.6 Å². The quantitative estimate of drug-likeness (QED) is 0.510. The number of nitrogens with two attached hydrogens (primary N) is 1. The molecular formula is C12H22N2O5. The number of hydrogen-bond donors (Lipinski definition) is 3. The van der Waals surface area contributed by atoms with E-state index >= 15 is 0 Å². The number of carboxylic acids is 1. The van der Waals surface area contributed by atoms with Gasteiger partial charge < -0.3 is 20.9 Å². The van der Waals surface area contributed by atoms with Crippen molar-refractivity contribution in [2.75, 3.05) is 6.61 Å². The van der Waals surface area contributed by atoms with Gasteiger partial charge in [0.05, 0.1) is 19.1 Å². The van der Waals surface area contributed by atoms with Crippen LogP contribution in [-0.4, -0.2) is 41.6 Å². The Balaban J connectivity index is 4.48. The molecule has 1 amide bonds. The zero-order valence-corrected chi connectivity index (χ0v) is 11.3. The fourth-order valence-corrected chi connectivity index (χ4v) is 1.46. The van der Waals surface area contributed by atoms with E-state index < -0.39 is 36.4 Å². The SMILES string of the molecule is CCCC[C@H](NC(=O)[C@@H](N)CC(=O)O)C(=O)OCC. The monoisotopic (exact) mass is 274 g/mol. The van der Waals surface area contributed by atoms with Gasteiger partial charge in [0.25, 0.3) is 0 Å². The molecule has 0 aromatic carbocycles. The minimum atomic E-state index is -1.17. The zero-order valence-electron chi connectivity index (χ0n) is 11.3.